The molecular weight excluding hydrogens is 350 g/mol. The van der Waals surface area contributed by atoms with Gasteiger partial charge in [-0.1, -0.05) is 61.0 Å². The monoisotopic (exact) mass is 367 g/mol. The lowest BCUT2D eigenvalue weighted by Crippen LogP contribution is -2.30. The molecule has 0 atom stereocenters. The molecular formula is C20H18ClN3O2. The average molecular weight is 368 g/mol. The third-order valence-corrected chi connectivity index (χ3v) is 4.23. The SMILES string of the molecule is CCc1cc(=O)n(CC(=O)Nc2ccccc2Cl)c(-c2ccccc2)n1. The van der Waals surface area contributed by atoms with Crippen molar-refractivity contribution in [1.29, 1.82) is 0 Å². The smallest absolute Gasteiger partial charge is 0.254 e. The number of aromatic nitrogens is 2. The Kier molecular flexibility index (Phi) is 5.49. The van der Waals surface area contributed by atoms with Gasteiger partial charge in [0, 0.05) is 17.3 Å². The fourth-order valence-corrected chi connectivity index (χ4v) is 2.77. The highest BCUT2D eigenvalue weighted by molar-refractivity contribution is 6.33. The standard InChI is InChI=1S/C20H18ClN3O2/c1-2-15-12-19(26)24(20(22-15)14-8-4-3-5-9-14)13-18(25)23-17-11-7-6-10-16(17)21/h3-12H,2,13H2,1H3,(H,23,25). The van der Waals surface area contributed by atoms with E-state index in [1.807, 2.05) is 37.3 Å². The van der Waals surface area contributed by atoms with Crippen LogP contribution in [0.3, 0.4) is 0 Å². The fourth-order valence-electron chi connectivity index (χ4n) is 2.59. The summed E-state index contributed by atoms with van der Waals surface area (Å²) in [4.78, 5) is 29.6. The zero-order valence-corrected chi connectivity index (χ0v) is 15.0. The van der Waals surface area contributed by atoms with Crippen LogP contribution in [-0.2, 0) is 17.8 Å². The molecule has 26 heavy (non-hydrogen) atoms. The van der Waals surface area contributed by atoms with Crippen LogP contribution in [0.2, 0.25) is 5.02 Å². The molecule has 132 valence electrons. The number of nitrogens with zero attached hydrogens (tertiary/aromatic N) is 2. The van der Waals surface area contributed by atoms with Crippen molar-refractivity contribution in [2.45, 2.75) is 19.9 Å². The predicted molar refractivity (Wildman–Crippen MR) is 103 cm³/mol. The van der Waals surface area contributed by atoms with Crippen molar-refractivity contribution in [2.24, 2.45) is 0 Å². The Balaban J connectivity index is 1.95. The molecule has 0 radical (unpaired) electrons. The van der Waals surface area contributed by atoms with Crippen molar-refractivity contribution in [3.05, 3.63) is 81.7 Å². The number of carbonyl (C=O) groups is 1. The van der Waals surface area contributed by atoms with Gasteiger partial charge in [0.2, 0.25) is 5.91 Å². The maximum atomic E-state index is 12.6. The molecule has 1 heterocycles. The Bertz CT molecular complexity index is 984. The maximum Gasteiger partial charge on any atom is 0.254 e. The Morgan fingerprint density at radius 1 is 1.12 bits per heavy atom. The summed E-state index contributed by atoms with van der Waals surface area (Å²) in [6.45, 7) is 1.79. The van der Waals surface area contributed by atoms with Gasteiger partial charge in [-0.3, -0.25) is 14.2 Å². The first kappa shape index (κ1) is 17.9. The van der Waals surface area contributed by atoms with Crippen LogP contribution in [0.15, 0.2) is 65.5 Å². The normalized spacial score (nSPS) is 10.5. The number of carbonyl (C=O) groups excluding carboxylic acids is 1. The zero-order valence-electron chi connectivity index (χ0n) is 14.3. The van der Waals surface area contributed by atoms with E-state index in [1.54, 1.807) is 24.3 Å². The first-order chi connectivity index (χ1) is 12.6. The Hall–Kier alpha value is -2.92. The highest BCUT2D eigenvalue weighted by atomic mass is 35.5. The lowest BCUT2D eigenvalue weighted by atomic mass is 10.2. The van der Waals surface area contributed by atoms with Gasteiger partial charge in [-0.05, 0) is 18.6 Å². The number of benzene rings is 2. The van der Waals surface area contributed by atoms with Gasteiger partial charge in [0.1, 0.15) is 12.4 Å². The zero-order chi connectivity index (χ0) is 18.5. The molecule has 1 N–H and O–H groups in total. The summed E-state index contributed by atoms with van der Waals surface area (Å²) in [5, 5.41) is 3.18. The number of nitrogens with one attached hydrogen (secondary N) is 1. The minimum Gasteiger partial charge on any atom is -0.323 e. The van der Waals surface area contributed by atoms with E-state index < -0.39 is 0 Å². The highest BCUT2D eigenvalue weighted by Crippen LogP contribution is 2.21. The van der Waals surface area contributed by atoms with Gasteiger partial charge in [0.25, 0.3) is 5.56 Å². The molecule has 2 aromatic carbocycles. The second-order valence-corrected chi connectivity index (χ2v) is 6.15. The molecule has 5 nitrogen and oxygen atoms in total. The lowest BCUT2D eigenvalue weighted by Gasteiger charge is -2.14. The van der Waals surface area contributed by atoms with Crippen LogP contribution in [0.25, 0.3) is 11.4 Å². The van der Waals surface area contributed by atoms with E-state index in [2.05, 4.69) is 10.3 Å². The second kappa shape index (κ2) is 7.97. The molecule has 0 aliphatic rings. The minimum absolute atomic E-state index is 0.148. The van der Waals surface area contributed by atoms with Crippen LogP contribution < -0.4 is 10.9 Å². The van der Waals surface area contributed by atoms with E-state index in [9.17, 15) is 9.59 Å². The van der Waals surface area contributed by atoms with Gasteiger partial charge in [0.15, 0.2) is 0 Å². The molecule has 3 aromatic rings. The molecule has 0 aliphatic carbocycles. The van der Waals surface area contributed by atoms with Crippen LogP contribution in [0.1, 0.15) is 12.6 Å². The molecule has 1 aromatic heterocycles. The number of hydrogen-bond acceptors (Lipinski definition) is 3. The van der Waals surface area contributed by atoms with Gasteiger partial charge in [-0.15, -0.1) is 0 Å². The number of amides is 1. The van der Waals surface area contributed by atoms with Gasteiger partial charge in [0.05, 0.1) is 10.7 Å². The molecule has 3 rings (SSSR count). The van der Waals surface area contributed by atoms with E-state index in [4.69, 9.17) is 11.6 Å². The highest BCUT2D eigenvalue weighted by Gasteiger charge is 2.14. The largest absolute Gasteiger partial charge is 0.323 e. The number of anilines is 1. The van der Waals surface area contributed by atoms with Crippen LogP contribution in [0, 0.1) is 0 Å². The van der Waals surface area contributed by atoms with E-state index in [1.165, 1.54) is 10.6 Å². The number of para-hydroxylation sites is 1. The third kappa shape index (κ3) is 4.00. The van der Waals surface area contributed by atoms with Crippen molar-refractivity contribution in [3.63, 3.8) is 0 Å². The summed E-state index contributed by atoms with van der Waals surface area (Å²) in [7, 11) is 0. The van der Waals surface area contributed by atoms with Crippen molar-refractivity contribution in [2.75, 3.05) is 5.32 Å². The second-order valence-electron chi connectivity index (χ2n) is 5.74. The van der Waals surface area contributed by atoms with Gasteiger partial charge in [-0.2, -0.15) is 0 Å². The topological polar surface area (TPSA) is 64.0 Å². The van der Waals surface area contributed by atoms with Crippen molar-refractivity contribution in [1.82, 2.24) is 9.55 Å². The maximum absolute atomic E-state index is 12.6. The first-order valence-electron chi connectivity index (χ1n) is 8.29. The molecule has 0 bridgehead atoms. The number of hydrogen-bond donors (Lipinski definition) is 1. The molecule has 0 aliphatic heterocycles. The van der Waals surface area contributed by atoms with Gasteiger partial charge in [-0.25, -0.2) is 4.98 Å². The number of aryl methyl sites for hydroxylation is 1. The van der Waals surface area contributed by atoms with Crippen LogP contribution in [-0.4, -0.2) is 15.5 Å². The van der Waals surface area contributed by atoms with Crippen LogP contribution in [0.5, 0.6) is 0 Å². The molecule has 0 saturated carbocycles. The van der Waals surface area contributed by atoms with Gasteiger partial charge < -0.3 is 5.32 Å². The van der Waals surface area contributed by atoms with Crippen molar-refractivity contribution >= 4 is 23.2 Å². The summed E-state index contributed by atoms with van der Waals surface area (Å²) < 4.78 is 1.38. The predicted octanol–water partition coefficient (Wildman–Crippen LogP) is 3.76. The lowest BCUT2D eigenvalue weighted by molar-refractivity contribution is -0.116. The molecule has 0 fully saturated rings. The van der Waals surface area contributed by atoms with Gasteiger partial charge >= 0.3 is 0 Å². The van der Waals surface area contributed by atoms with E-state index in [0.717, 1.165) is 5.56 Å². The fraction of sp³-hybridized carbons (Fsp3) is 0.150. The molecule has 0 unspecified atom stereocenters. The summed E-state index contributed by atoms with van der Waals surface area (Å²) in [5.74, 6) is 0.132. The summed E-state index contributed by atoms with van der Waals surface area (Å²) in [6, 6.07) is 17.8. The summed E-state index contributed by atoms with van der Waals surface area (Å²) >= 11 is 6.07. The Morgan fingerprint density at radius 2 is 1.81 bits per heavy atom. The van der Waals surface area contributed by atoms with E-state index in [0.29, 0.717) is 28.6 Å². The first-order valence-corrected chi connectivity index (χ1v) is 8.67. The molecule has 1 amide bonds. The molecule has 0 spiro atoms. The Morgan fingerprint density at radius 3 is 2.50 bits per heavy atom. The number of halogens is 1. The quantitative estimate of drug-likeness (QED) is 0.746. The van der Waals surface area contributed by atoms with E-state index >= 15 is 0 Å². The molecule has 0 saturated heterocycles. The van der Waals surface area contributed by atoms with Crippen LogP contribution >= 0.6 is 11.6 Å². The van der Waals surface area contributed by atoms with E-state index in [-0.39, 0.29) is 18.0 Å². The molecule has 6 heteroatoms. The van der Waals surface area contributed by atoms with Crippen molar-refractivity contribution in [3.8, 4) is 11.4 Å². The summed E-state index contributed by atoms with van der Waals surface area (Å²) in [5.41, 5.74) is 1.72. The average Bonchev–Trinajstić information content (AvgIpc) is 2.65. The summed E-state index contributed by atoms with van der Waals surface area (Å²) in [6.07, 6.45) is 0.641. The van der Waals surface area contributed by atoms with Crippen LogP contribution in [0.4, 0.5) is 5.69 Å². The third-order valence-electron chi connectivity index (χ3n) is 3.91. The Labute approximate surface area is 156 Å². The minimum atomic E-state index is -0.344. The van der Waals surface area contributed by atoms with Crippen molar-refractivity contribution < 1.29 is 4.79 Å². The number of rotatable bonds is 5.